The molecule has 0 spiro atoms. The molecule has 0 N–H and O–H groups in total. The summed E-state index contributed by atoms with van der Waals surface area (Å²) in [5, 5.41) is 12.7. The van der Waals surface area contributed by atoms with E-state index in [0.717, 1.165) is 23.3 Å². The van der Waals surface area contributed by atoms with Gasteiger partial charge in [0.1, 0.15) is 0 Å². The van der Waals surface area contributed by atoms with Gasteiger partial charge in [-0.25, -0.2) is 4.68 Å². The van der Waals surface area contributed by atoms with Crippen molar-refractivity contribution in [3.63, 3.8) is 0 Å². The van der Waals surface area contributed by atoms with Crippen LogP contribution in [0, 0.1) is 0 Å². The molecule has 0 saturated carbocycles. The van der Waals surface area contributed by atoms with Gasteiger partial charge >= 0.3 is 6.18 Å². The summed E-state index contributed by atoms with van der Waals surface area (Å²) in [5.74, 6) is 0.993. The molecule has 38 heavy (non-hydrogen) atoms. The highest BCUT2D eigenvalue weighted by Crippen LogP contribution is 2.35. The van der Waals surface area contributed by atoms with E-state index in [4.69, 9.17) is 0 Å². The maximum Gasteiger partial charge on any atom is 0.416 e. The Kier molecular flexibility index (Phi) is 8.02. The van der Waals surface area contributed by atoms with Gasteiger partial charge in [-0.3, -0.25) is 4.90 Å². The second-order valence-electron chi connectivity index (χ2n) is 10.9. The molecule has 4 aromatic rings. The lowest BCUT2D eigenvalue weighted by Crippen LogP contribution is -2.35. The molecular formula is C30H34F3N5. The van der Waals surface area contributed by atoms with Crippen LogP contribution in [-0.2, 0) is 24.8 Å². The average Bonchev–Trinajstić information content (AvgIpc) is 3.35. The smallest absolute Gasteiger partial charge is 0.281 e. The van der Waals surface area contributed by atoms with Gasteiger partial charge in [-0.2, -0.15) is 13.2 Å². The molecule has 0 saturated heterocycles. The van der Waals surface area contributed by atoms with Crippen LogP contribution in [0.3, 0.4) is 0 Å². The summed E-state index contributed by atoms with van der Waals surface area (Å²) in [6.07, 6.45) is -4.41. The molecule has 0 aliphatic rings. The lowest BCUT2D eigenvalue weighted by Gasteiger charge is -2.33. The molecule has 0 radical (unpaired) electrons. The van der Waals surface area contributed by atoms with Gasteiger partial charge in [0.2, 0.25) is 0 Å². The normalized spacial score (nSPS) is 13.3. The average molecular weight is 522 g/mol. The lowest BCUT2D eigenvalue weighted by molar-refractivity contribution is -0.137. The summed E-state index contributed by atoms with van der Waals surface area (Å²) in [6, 6.07) is 23.4. The molecule has 1 heterocycles. The van der Waals surface area contributed by atoms with E-state index >= 15 is 0 Å². The zero-order chi connectivity index (χ0) is 27.5. The van der Waals surface area contributed by atoms with E-state index in [0.29, 0.717) is 30.4 Å². The van der Waals surface area contributed by atoms with Crippen LogP contribution in [0.5, 0.6) is 0 Å². The van der Waals surface area contributed by atoms with Crippen LogP contribution >= 0.6 is 0 Å². The van der Waals surface area contributed by atoms with E-state index in [1.165, 1.54) is 17.7 Å². The molecule has 0 aliphatic carbocycles. The zero-order valence-corrected chi connectivity index (χ0v) is 22.4. The second kappa shape index (κ2) is 11.1. The molecule has 8 heteroatoms. The minimum absolute atomic E-state index is 0.417. The van der Waals surface area contributed by atoms with Gasteiger partial charge in [0.05, 0.1) is 17.1 Å². The van der Waals surface area contributed by atoms with Crippen LogP contribution in [0.2, 0.25) is 0 Å². The molecule has 0 bridgehead atoms. The highest BCUT2D eigenvalue weighted by atomic mass is 19.4. The molecule has 5 nitrogen and oxygen atoms in total. The molecular weight excluding hydrogens is 487 g/mol. The molecule has 4 rings (SSSR count). The van der Waals surface area contributed by atoms with E-state index in [1.54, 1.807) is 4.68 Å². The van der Waals surface area contributed by atoms with E-state index in [2.05, 4.69) is 58.5 Å². The number of tetrazole rings is 1. The number of benzene rings is 3. The van der Waals surface area contributed by atoms with Crippen molar-refractivity contribution in [2.75, 3.05) is 0 Å². The molecule has 0 fully saturated rings. The van der Waals surface area contributed by atoms with Crippen LogP contribution in [0.1, 0.15) is 80.2 Å². The number of hydrogen-bond donors (Lipinski definition) is 0. The van der Waals surface area contributed by atoms with Crippen molar-refractivity contribution in [2.45, 2.75) is 71.4 Å². The molecule has 0 amide bonds. The minimum atomic E-state index is -4.41. The quantitative estimate of drug-likeness (QED) is 0.243. The fourth-order valence-electron chi connectivity index (χ4n) is 4.52. The van der Waals surface area contributed by atoms with Crippen molar-refractivity contribution >= 4 is 0 Å². The Morgan fingerprint density at radius 3 is 1.84 bits per heavy atom. The summed E-state index contributed by atoms with van der Waals surface area (Å²) in [7, 11) is 0. The summed E-state index contributed by atoms with van der Waals surface area (Å²) < 4.78 is 41.9. The Labute approximate surface area is 222 Å². The van der Waals surface area contributed by atoms with Gasteiger partial charge in [0.25, 0.3) is 0 Å². The fourth-order valence-corrected chi connectivity index (χ4v) is 4.52. The van der Waals surface area contributed by atoms with Crippen molar-refractivity contribution in [3.05, 3.63) is 113 Å². The van der Waals surface area contributed by atoms with Crippen LogP contribution < -0.4 is 0 Å². The molecule has 0 unspecified atom stereocenters. The van der Waals surface area contributed by atoms with Crippen LogP contribution in [0.4, 0.5) is 13.2 Å². The first-order valence-corrected chi connectivity index (χ1v) is 12.8. The Morgan fingerprint density at radius 1 is 0.763 bits per heavy atom. The standard InChI is InChI=1S/C30H34F3N5/c1-21(2)24-13-11-23(12-14-24)20-37(19-22-9-7-6-8-10-22)27(28-34-35-36-38(28)29(3,4)5)25-15-17-26(18-16-25)30(31,32)33/h6-18,21,27H,19-20H2,1-5H3/t27-/m0/s1. The number of hydrogen-bond acceptors (Lipinski definition) is 4. The first-order chi connectivity index (χ1) is 17.9. The Hall–Kier alpha value is -3.52. The largest absolute Gasteiger partial charge is 0.416 e. The van der Waals surface area contributed by atoms with Crippen LogP contribution in [0.15, 0.2) is 78.9 Å². The van der Waals surface area contributed by atoms with Gasteiger partial charge in [0, 0.05) is 13.1 Å². The van der Waals surface area contributed by atoms with E-state index < -0.39 is 23.3 Å². The SMILES string of the molecule is CC(C)c1ccc(CN(Cc2ccccc2)[C@@H](c2ccc(C(F)(F)F)cc2)c2nnnn2C(C)(C)C)cc1. The van der Waals surface area contributed by atoms with Crippen molar-refractivity contribution in [1.82, 2.24) is 25.1 Å². The van der Waals surface area contributed by atoms with Crippen LogP contribution in [0.25, 0.3) is 0 Å². The number of halogens is 3. The Bertz CT molecular complexity index is 1310. The maximum absolute atomic E-state index is 13.4. The summed E-state index contributed by atoms with van der Waals surface area (Å²) >= 11 is 0. The minimum Gasteiger partial charge on any atom is -0.281 e. The number of aromatic nitrogens is 4. The highest BCUT2D eigenvalue weighted by molar-refractivity contribution is 5.32. The topological polar surface area (TPSA) is 46.8 Å². The predicted molar refractivity (Wildman–Crippen MR) is 142 cm³/mol. The number of nitrogens with zero attached hydrogens (tertiary/aromatic N) is 5. The summed E-state index contributed by atoms with van der Waals surface area (Å²) in [5.41, 5.74) is 3.00. The molecule has 200 valence electrons. The predicted octanol–water partition coefficient (Wildman–Crippen LogP) is 7.36. The highest BCUT2D eigenvalue weighted by Gasteiger charge is 2.34. The molecule has 0 aliphatic heterocycles. The monoisotopic (exact) mass is 521 g/mol. The van der Waals surface area contributed by atoms with E-state index in [1.807, 2.05) is 51.1 Å². The first kappa shape index (κ1) is 27.5. The second-order valence-corrected chi connectivity index (χ2v) is 10.9. The summed E-state index contributed by atoms with van der Waals surface area (Å²) in [6.45, 7) is 11.4. The van der Waals surface area contributed by atoms with Gasteiger partial charge in [0.15, 0.2) is 5.82 Å². The third kappa shape index (κ3) is 6.48. The number of alkyl halides is 3. The van der Waals surface area contributed by atoms with Crippen molar-refractivity contribution in [2.24, 2.45) is 0 Å². The third-order valence-corrected chi connectivity index (χ3v) is 6.55. The van der Waals surface area contributed by atoms with Crippen molar-refractivity contribution in [3.8, 4) is 0 Å². The number of rotatable bonds is 8. The van der Waals surface area contributed by atoms with E-state index in [9.17, 15) is 13.2 Å². The van der Waals surface area contributed by atoms with Gasteiger partial charge in [-0.15, -0.1) is 5.10 Å². The van der Waals surface area contributed by atoms with Gasteiger partial charge < -0.3 is 0 Å². The zero-order valence-electron chi connectivity index (χ0n) is 22.4. The van der Waals surface area contributed by atoms with Crippen LogP contribution in [-0.4, -0.2) is 25.1 Å². The third-order valence-electron chi connectivity index (χ3n) is 6.55. The Balaban J connectivity index is 1.84. The Morgan fingerprint density at radius 2 is 1.32 bits per heavy atom. The van der Waals surface area contributed by atoms with Crippen molar-refractivity contribution in [1.29, 1.82) is 0 Å². The maximum atomic E-state index is 13.4. The molecule has 3 aromatic carbocycles. The van der Waals surface area contributed by atoms with E-state index in [-0.39, 0.29) is 0 Å². The molecule has 1 aromatic heterocycles. The van der Waals surface area contributed by atoms with Crippen molar-refractivity contribution < 1.29 is 13.2 Å². The lowest BCUT2D eigenvalue weighted by atomic mass is 9.98. The fraction of sp³-hybridized carbons (Fsp3) is 0.367. The summed E-state index contributed by atoms with van der Waals surface area (Å²) in [4.78, 5) is 2.22. The van der Waals surface area contributed by atoms with Gasteiger partial charge in [-0.05, 0) is 71.5 Å². The van der Waals surface area contributed by atoms with Gasteiger partial charge in [-0.1, -0.05) is 80.6 Å². The first-order valence-electron chi connectivity index (χ1n) is 12.8. The molecule has 1 atom stereocenters.